The maximum Gasteiger partial charge on any atom is 0.274 e. The number of aromatic hydroxyl groups is 1. The van der Waals surface area contributed by atoms with Crippen molar-refractivity contribution in [1.82, 2.24) is 10.2 Å². The van der Waals surface area contributed by atoms with E-state index in [0.29, 0.717) is 12.0 Å². The SMILES string of the molecule is C=CC[C@H](c1cc(O)ccc1[N+](=O)[O-])N1CCNCC1.Cl.Cl. The van der Waals surface area contributed by atoms with Gasteiger partial charge in [-0.1, -0.05) is 6.08 Å². The van der Waals surface area contributed by atoms with Gasteiger partial charge in [0.05, 0.1) is 10.5 Å². The quantitative estimate of drug-likeness (QED) is 0.485. The Labute approximate surface area is 142 Å². The highest BCUT2D eigenvalue weighted by molar-refractivity contribution is 5.85. The van der Waals surface area contributed by atoms with Crippen LogP contribution in [-0.4, -0.2) is 41.1 Å². The van der Waals surface area contributed by atoms with E-state index in [4.69, 9.17) is 0 Å². The van der Waals surface area contributed by atoms with Crippen LogP contribution >= 0.6 is 24.8 Å². The summed E-state index contributed by atoms with van der Waals surface area (Å²) in [5.74, 6) is 0.0507. The third-order valence-electron chi connectivity index (χ3n) is 3.55. The zero-order valence-corrected chi connectivity index (χ0v) is 13.7. The number of rotatable bonds is 5. The molecule has 1 aromatic rings. The maximum atomic E-state index is 11.2. The number of phenolic OH excluding ortho intramolecular Hbond substituents is 1. The molecule has 0 bridgehead atoms. The first-order chi connectivity index (χ1) is 9.63. The van der Waals surface area contributed by atoms with Crippen LogP contribution < -0.4 is 5.32 Å². The van der Waals surface area contributed by atoms with E-state index < -0.39 is 4.92 Å². The molecule has 1 aliphatic rings. The van der Waals surface area contributed by atoms with Gasteiger partial charge >= 0.3 is 0 Å². The summed E-state index contributed by atoms with van der Waals surface area (Å²) in [7, 11) is 0. The minimum Gasteiger partial charge on any atom is -0.508 e. The van der Waals surface area contributed by atoms with E-state index >= 15 is 0 Å². The lowest BCUT2D eigenvalue weighted by atomic mass is 9.99. The van der Waals surface area contributed by atoms with E-state index in [1.807, 2.05) is 0 Å². The molecule has 1 aliphatic heterocycles. The Hall–Kier alpha value is -1.34. The van der Waals surface area contributed by atoms with Crippen LogP contribution in [0, 0.1) is 10.1 Å². The number of piperazine rings is 1. The molecular weight excluding hydrogens is 329 g/mol. The molecule has 0 spiro atoms. The summed E-state index contributed by atoms with van der Waals surface area (Å²) in [6.45, 7) is 7.12. The van der Waals surface area contributed by atoms with Crippen LogP contribution in [0.15, 0.2) is 30.9 Å². The first-order valence-corrected chi connectivity index (χ1v) is 6.66. The molecule has 0 amide bonds. The molecule has 0 aliphatic carbocycles. The van der Waals surface area contributed by atoms with E-state index in [1.165, 1.54) is 18.2 Å². The maximum absolute atomic E-state index is 11.2. The third kappa shape index (κ3) is 4.84. The van der Waals surface area contributed by atoms with Gasteiger partial charge in [0, 0.05) is 38.3 Å². The second-order valence-electron chi connectivity index (χ2n) is 4.83. The molecule has 1 heterocycles. The molecule has 0 aromatic heterocycles. The monoisotopic (exact) mass is 349 g/mol. The average Bonchev–Trinajstić information content (AvgIpc) is 2.45. The van der Waals surface area contributed by atoms with Crippen LogP contribution in [0.4, 0.5) is 5.69 Å². The average molecular weight is 350 g/mol. The van der Waals surface area contributed by atoms with Crippen molar-refractivity contribution in [3.8, 4) is 5.75 Å². The van der Waals surface area contributed by atoms with Crippen molar-refractivity contribution in [1.29, 1.82) is 0 Å². The minimum absolute atomic E-state index is 0. The van der Waals surface area contributed by atoms with Crippen LogP contribution in [0.25, 0.3) is 0 Å². The Morgan fingerprint density at radius 1 is 1.41 bits per heavy atom. The van der Waals surface area contributed by atoms with Crippen LogP contribution in [0.3, 0.4) is 0 Å². The summed E-state index contributed by atoms with van der Waals surface area (Å²) in [5, 5.41) is 24.1. The van der Waals surface area contributed by atoms with E-state index in [0.717, 1.165) is 26.2 Å². The molecule has 0 unspecified atom stereocenters. The summed E-state index contributed by atoms with van der Waals surface area (Å²) in [6.07, 6.45) is 2.38. The Morgan fingerprint density at radius 2 is 2.05 bits per heavy atom. The number of halogens is 2. The van der Waals surface area contributed by atoms with Gasteiger partial charge in [0.25, 0.3) is 5.69 Å². The van der Waals surface area contributed by atoms with Gasteiger partial charge in [-0.15, -0.1) is 31.4 Å². The molecule has 2 N–H and O–H groups in total. The van der Waals surface area contributed by atoms with Crippen molar-refractivity contribution in [3.63, 3.8) is 0 Å². The van der Waals surface area contributed by atoms with E-state index in [-0.39, 0.29) is 42.3 Å². The Bertz CT molecular complexity index is 508. The molecule has 8 heteroatoms. The molecule has 1 fully saturated rings. The highest BCUT2D eigenvalue weighted by Gasteiger charge is 2.27. The van der Waals surface area contributed by atoms with Gasteiger partial charge in [-0.25, -0.2) is 0 Å². The molecule has 0 radical (unpaired) electrons. The third-order valence-corrected chi connectivity index (χ3v) is 3.55. The number of nitro benzene ring substituents is 1. The lowest BCUT2D eigenvalue weighted by molar-refractivity contribution is -0.386. The van der Waals surface area contributed by atoms with Crippen molar-refractivity contribution in [2.24, 2.45) is 0 Å². The molecule has 22 heavy (non-hydrogen) atoms. The summed E-state index contributed by atoms with van der Waals surface area (Å²) < 4.78 is 0. The summed E-state index contributed by atoms with van der Waals surface area (Å²) in [6, 6.07) is 4.09. The van der Waals surface area contributed by atoms with Crippen molar-refractivity contribution >= 4 is 30.5 Å². The molecule has 6 nitrogen and oxygen atoms in total. The first-order valence-electron chi connectivity index (χ1n) is 6.66. The summed E-state index contributed by atoms with van der Waals surface area (Å²) in [5.41, 5.74) is 0.602. The van der Waals surface area contributed by atoms with Crippen molar-refractivity contribution in [3.05, 3.63) is 46.5 Å². The van der Waals surface area contributed by atoms with Crippen LogP contribution in [0.5, 0.6) is 5.75 Å². The fraction of sp³-hybridized carbons (Fsp3) is 0.429. The number of nitro groups is 1. The largest absolute Gasteiger partial charge is 0.508 e. The van der Waals surface area contributed by atoms with Crippen LogP contribution in [-0.2, 0) is 0 Å². The smallest absolute Gasteiger partial charge is 0.274 e. The number of phenols is 1. The van der Waals surface area contributed by atoms with Crippen molar-refractivity contribution < 1.29 is 10.0 Å². The molecular formula is C14H21Cl2N3O3. The lowest BCUT2D eigenvalue weighted by Gasteiger charge is -2.34. The fourth-order valence-electron chi connectivity index (χ4n) is 2.60. The zero-order valence-electron chi connectivity index (χ0n) is 12.1. The van der Waals surface area contributed by atoms with Gasteiger partial charge < -0.3 is 10.4 Å². The molecule has 124 valence electrons. The zero-order chi connectivity index (χ0) is 14.5. The van der Waals surface area contributed by atoms with Crippen LogP contribution in [0.2, 0.25) is 0 Å². The summed E-state index contributed by atoms with van der Waals surface area (Å²) >= 11 is 0. The fourth-order valence-corrected chi connectivity index (χ4v) is 2.60. The molecule has 0 saturated carbocycles. The van der Waals surface area contributed by atoms with Crippen molar-refractivity contribution in [2.45, 2.75) is 12.5 Å². The number of benzene rings is 1. The van der Waals surface area contributed by atoms with Gasteiger partial charge in [0.1, 0.15) is 5.75 Å². The normalized spacial score (nSPS) is 16.0. The summed E-state index contributed by atoms with van der Waals surface area (Å²) in [4.78, 5) is 13.0. The standard InChI is InChI=1S/C14H19N3O3.2ClH/c1-2-3-13(16-8-6-15-7-9-16)12-10-11(18)4-5-14(12)17(19)20;;/h2,4-5,10,13,15,18H,1,3,6-9H2;2*1H/t13-;;/m1../s1. The Morgan fingerprint density at radius 3 is 2.59 bits per heavy atom. The Balaban J connectivity index is 0.00000220. The predicted octanol–water partition coefficient (Wildman–Crippen LogP) is 2.67. The second-order valence-corrected chi connectivity index (χ2v) is 4.83. The Kier molecular flexibility index (Phi) is 9.04. The highest BCUT2D eigenvalue weighted by Crippen LogP contribution is 2.34. The first kappa shape index (κ1) is 20.7. The van der Waals surface area contributed by atoms with Gasteiger partial charge in [-0.05, 0) is 18.6 Å². The molecule has 1 saturated heterocycles. The molecule has 1 atom stereocenters. The molecule has 2 rings (SSSR count). The number of nitrogens with zero attached hydrogens (tertiary/aromatic N) is 2. The predicted molar refractivity (Wildman–Crippen MR) is 91.3 cm³/mol. The van der Waals surface area contributed by atoms with Crippen molar-refractivity contribution in [2.75, 3.05) is 26.2 Å². The van der Waals surface area contributed by atoms with Gasteiger partial charge in [-0.3, -0.25) is 15.0 Å². The van der Waals surface area contributed by atoms with Crippen LogP contribution in [0.1, 0.15) is 18.0 Å². The minimum atomic E-state index is -0.396. The van der Waals surface area contributed by atoms with Gasteiger partial charge in [0.2, 0.25) is 0 Å². The van der Waals surface area contributed by atoms with E-state index in [2.05, 4.69) is 16.8 Å². The van der Waals surface area contributed by atoms with Gasteiger partial charge in [0.15, 0.2) is 0 Å². The highest BCUT2D eigenvalue weighted by atomic mass is 35.5. The topological polar surface area (TPSA) is 78.6 Å². The number of hydrogen-bond acceptors (Lipinski definition) is 5. The van der Waals surface area contributed by atoms with E-state index in [1.54, 1.807) is 6.08 Å². The lowest BCUT2D eigenvalue weighted by Crippen LogP contribution is -2.45. The van der Waals surface area contributed by atoms with E-state index in [9.17, 15) is 15.2 Å². The number of hydrogen-bond donors (Lipinski definition) is 2. The molecule has 1 aromatic carbocycles. The number of nitrogens with one attached hydrogen (secondary N) is 1. The van der Waals surface area contributed by atoms with Gasteiger partial charge in [-0.2, -0.15) is 0 Å². The second kappa shape index (κ2) is 9.63.